The Bertz CT molecular complexity index is 738. The van der Waals surface area contributed by atoms with Gasteiger partial charge in [-0.25, -0.2) is 0 Å². The van der Waals surface area contributed by atoms with E-state index in [0.717, 1.165) is 5.56 Å². The Morgan fingerprint density at radius 3 is 2.07 bits per heavy atom. The molecule has 0 saturated carbocycles. The highest BCUT2D eigenvalue weighted by Gasteiger charge is 2.22. The van der Waals surface area contributed by atoms with E-state index in [0.29, 0.717) is 0 Å². The number of nitrogens with two attached hydrogens (primary N) is 1. The molecule has 1 rings (SSSR count). The number of carboxylic acids is 1. The zero-order chi connectivity index (χ0) is 21.8. The fraction of sp³-hybridized carbons (Fsp3) is 0.389. The maximum atomic E-state index is 12.2. The van der Waals surface area contributed by atoms with Crippen molar-refractivity contribution in [1.29, 1.82) is 0 Å². The molecule has 1 aromatic carbocycles. The highest BCUT2D eigenvalue weighted by Crippen LogP contribution is 2.03. The van der Waals surface area contributed by atoms with Crippen LogP contribution in [-0.2, 0) is 30.4 Å². The molecular formula is C18H25N5O6. The van der Waals surface area contributed by atoms with E-state index in [4.69, 9.17) is 10.8 Å². The fourth-order valence-corrected chi connectivity index (χ4v) is 2.16. The molecule has 0 aliphatic heterocycles. The predicted octanol–water partition coefficient (Wildman–Crippen LogP) is -2.51. The molecule has 0 fully saturated rings. The van der Waals surface area contributed by atoms with Crippen LogP contribution < -0.4 is 27.0 Å². The summed E-state index contributed by atoms with van der Waals surface area (Å²) in [5, 5.41) is 18.0. The van der Waals surface area contributed by atoms with E-state index in [2.05, 4.69) is 21.3 Å². The standard InChI is InChI=1S/C18H25N5O6/c1-11(19)17(28)21-8-14(24)20-9-15(25)23-13(18(29)22-10-16(26)27)7-12-5-3-2-4-6-12/h2-6,11,13H,7-10,19H2,1H3,(H,20,24)(H,21,28)(H,22,29)(H,23,25)(H,26,27)/t11-,13?/m0/s1. The van der Waals surface area contributed by atoms with Crippen LogP contribution in [0, 0.1) is 0 Å². The monoisotopic (exact) mass is 407 g/mol. The van der Waals surface area contributed by atoms with Crippen molar-refractivity contribution in [2.75, 3.05) is 19.6 Å². The quantitative estimate of drug-likeness (QED) is 0.234. The average Bonchev–Trinajstić information content (AvgIpc) is 2.68. The number of rotatable bonds is 11. The summed E-state index contributed by atoms with van der Waals surface area (Å²) in [4.78, 5) is 58.0. The summed E-state index contributed by atoms with van der Waals surface area (Å²) in [6.45, 7) is 0.101. The van der Waals surface area contributed by atoms with Gasteiger partial charge in [0, 0.05) is 6.42 Å². The van der Waals surface area contributed by atoms with Crippen LogP contribution in [0.15, 0.2) is 30.3 Å². The van der Waals surface area contributed by atoms with Gasteiger partial charge in [-0.1, -0.05) is 30.3 Å². The zero-order valence-electron chi connectivity index (χ0n) is 15.9. The molecule has 7 N–H and O–H groups in total. The predicted molar refractivity (Wildman–Crippen MR) is 102 cm³/mol. The minimum absolute atomic E-state index is 0.135. The maximum Gasteiger partial charge on any atom is 0.322 e. The van der Waals surface area contributed by atoms with Gasteiger partial charge in [0.15, 0.2) is 0 Å². The molecule has 0 heterocycles. The van der Waals surface area contributed by atoms with Crippen molar-refractivity contribution in [3.63, 3.8) is 0 Å². The Kier molecular flexibility index (Phi) is 9.82. The third-order valence-corrected chi connectivity index (χ3v) is 3.63. The van der Waals surface area contributed by atoms with E-state index in [9.17, 15) is 24.0 Å². The summed E-state index contributed by atoms with van der Waals surface area (Å²) in [7, 11) is 0. The molecule has 0 bridgehead atoms. The van der Waals surface area contributed by atoms with Crippen molar-refractivity contribution >= 4 is 29.6 Å². The van der Waals surface area contributed by atoms with Gasteiger partial charge in [-0.3, -0.25) is 24.0 Å². The van der Waals surface area contributed by atoms with Crippen molar-refractivity contribution < 1.29 is 29.1 Å². The summed E-state index contributed by atoms with van der Waals surface area (Å²) in [6, 6.07) is 7.04. The smallest absolute Gasteiger partial charge is 0.322 e. The minimum Gasteiger partial charge on any atom is -0.480 e. The lowest BCUT2D eigenvalue weighted by Crippen LogP contribution is -2.52. The van der Waals surface area contributed by atoms with Crippen molar-refractivity contribution in [3.8, 4) is 0 Å². The third-order valence-electron chi connectivity index (χ3n) is 3.63. The number of aliphatic carboxylic acids is 1. The molecule has 1 aromatic rings. The Morgan fingerprint density at radius 2 is 1.48 bits per heavy atom. The molecule has 0 aromatic heterocycles. The van der Waals surface area contributed by atoms with E-state index in [1.54, 1.807) is 30.3 Å². The van der Waals surface area contributed by atoms with Crippen molar-refractivity contribution in [3.05, 3.63) is 35.9 Å². The van der Waals surface area contributed by atoms with Crippen molar-refractivity contribution in [1.82, 2.24) is 21.3 Å². The average molecular weight is 407 g/mol. The zero-order valence-corrected chi connectivity index (χ0v) is 15.9. The second-order valence-electron chi connectivity index (χ2n) is 6.20. The van der Waals surface area contributed by atoms with Crippen LogP contribution >= 0.6 is 0 Å². The number of carbonyl (C=O) groups excluding carboxylic acids is 4. The Hall–Kier alpha value is -3.47. The second kappa shape index (κ2) is 12.1. The first-order valence-electron chi connectivity index (χ1n) is 8.81. The summed E-state index contributed by atoms with van der Waals surface area (Å²) < 4.78 is 0. The molecule has 4 amide bonds. The first-order chi connectivity index (χ1) is 13.7. The lowest BCUT2D eigenvalue weighted by Gasteiger charge is -2.18. The molecule has 11 heteroatoms. The van der Waals surface area contributed by atoms with Crippen molar-refractivity contribution in [2.45, 2.75) is 25.4 Å². The number of carbonyl (C=O) groups is 5. The van der Waals surface area contributed by atoms with Crippen LogP contribution in [0.2, 0.25) is 0 Å². The van der Waals surface area contributed by atoms with E-state index in [1.807, 2.05) is 0 Å². The van der Waals surface area contributed by atoms with E-state index in [-0.39, 0.29) is 13.0 Å². The Labute approximate surface area is 167 Å². The van der Waals surface area contributed by atoms with E-state index >= 15 is 0 Å². The highest BCUT2D eigenvalue weighted by atomic mass is 16.4. The topological polar surface area (TPSA) is 180 Å². The van der Waals surface area contributed by atoms with Gasteiger partial charge in [-0.2, -0.15) is 0 Å². The molecule has 1 unspecified atom stereocenters. The summed E-state index contributed by atoms with van der Waals surface area (Å²) in [5.74, 6) is -3.65. The van der Waals surface area contributed by atoms with Crippen LogP contribution in [0.1, 0.15) is 12.5 Å². The number of carboxylic acid groups (broad SMARTS) is 1. The Morgan fingerprint density at radius 1 is 0.897 bits per heavy atom. The van der Waals surface area contributed by atoms with Gasteiger partial charge < -0.3 is 32.1 Å². The largest absolute Gasteiger partial charge is 0.480 e. The summed E-state index contributed by atoms with van der Waals surface area (Å²) in [5.41, 5.74) is 6.11. The maximum absolute atomic E-state index is 12.2. The van der Waals surface area contributed by atoms with Gasteiger partial charge in [-0.05, 0) is 12.5 Å². The van der Waals surface area contributed by atoms with Crippen LogP contribution in [0.3, 0.4) is 0 Å². The number of nitrogens with one attached hydrogen (secondary N) is 4. The fourth-order valence-electron chi connectivity index (χ4n) is 2.16. The van der Waals surface area contributed by atoms with Gasteiger partial charge in [-0.15, -0.1) is 0 Å². The lowest BCUT2D eigenvalue weighted by atomic mass is 10.1. The first-order valence-corrected chi connectivity index (χ1v) is 8.81. The first kappa shape index (κ1) is 23.6. The third kappa shape index (κ3) is 9.86. The van der Waals surface area contributed by atoms with Gasteiger partial charge in [0.05, 0.1) is 19.1 Å². The van der Waals surface area contributed by atoms with Crippen LogP contribution in [0.25, 0.3) is 0 Å². The molecule has 0 radical (unpaired) electrons. The van der Waals surface area contributed by atoms with Crippen LogP contribution in [-0.4, -0.2) is 66.4 Å². The molecule has 0 spiro atoms. The molecule has 2 atom stereocenters. The normalized spacial score (nSPS) is 12.2. The number of hydrogen-bond acceptors (Lipinski definition) is 6. The van der Waals surface area contributed by atoms with Crippen LogP contribution in [0.4, 0.5) is 0 Å². The van der Waals surface area contributed by atoms with E-state index in [1.165, 1.54) is 6.92 Å². The molecule has 0 aliphatic rings. The number of amides is 4. The molecule has 0 saturated heterocycles. The van der Waals surface area contributed by atoms with Crippen LogP contribution in [0.5, 0.6) is 0 Å². The molecule has 29 heavy (non-hydrogen) atoms. The van der Waals surface area contributed by atoms with Gasteiger partial charge in [0.25, 0.3) is 0 Å². The lowest BCUT2D eigenvalue weighted by molar-refractivity contribution is -0.138. The summed E-state index contributed by atoms with van der Waals surface area (Å²) in [6.07, 6.45) is 0.135. The highest BCUT2D eigenvalue weighted by molar-refractivity contribution is 5.92. The SMILES string of the molecule is C[C@H](N)C(=O)NCC(=O)NCC(=O)NC(Cc1ccccc1)C(=O)NCC(=O)O. The molecule has 0 aliphatic carbocycles. The Balaban J connectivity index is 2.58. The number of hydrogen-bond donors (Lipinski definition) is 6. The molecule has 158 valence electrons. The molecule has 11 nitrogen and oxygen atoms in total. The number of benzene rings is 1. The van der Waals surface area contributed by atoms with Gasteiger partial charge in [0.1, 0.15) is 12.6 Å². The second-order valence-corrected chi connectivity index (χ2v) is 6.20. The van der Waals surface area contributed by atoms with Crippen molar-refractivity contribution in [2.24, 2.45) is 5.73 Å². The molecular weight excluding hydrogens is 382 g/mol. The van der Waals surface area contributed by atoms with Gasteiger partial charge in [0.2, 0.25) is 23.6 Å². The van der Waals surface area contributed by atoms with E-state index < -0.39 is 54.8 Å². The minimum atomic E-state index is -1.22. The van der Waals surface area contributed by atoms with Gasteiger partial charge >= 0.3 is 5.97 Å². The summed E-state index contributed by atoms with van der Waals surface area (Å²) >= 11 is 0.